The van der Waals surface area contributed by atoms with Gasteiger partial charge in [-0.1, -0.05) is 16.8 Å². The molecule has 3 rings (SSSR count). The predicted octanol–water partition coefficient (Wildman–Crippen LogP) is 3.83. The zero-order valence-electron chi connectivity index (χ0n) is 13.7. The van der Waals surface area contributed by atoms with Crippen molar-refractivity contribution in [1.82, 2.24) is 15.1 Å². The molecule has 2 heterocycles. The van der Waals surface area contributed by atoms with E-state index in [2.05, 4.69) is 25.8 Å². The van der Waals surface area contributed by atoms with E-state index >= 15 is 0 Å². The first-order valence-corrected chi connectivity index (χ1v) is 7.66. The monoisotopic (exact) mass is 376 g/mol. The number of anilines is 4. The molecule has 0 radical (unpaired) electrons. The summed E-state index contributed by atoms with van der Waals surface area (Å²) in [6.45, 7) is 1.70. The van der Waals surface area contributed by atoms with E-state index in [0.717, 1.165) is 0 Å². The van der Waals surface area contributed by atoms with E-state index in [4.69, 9.17) is 20.9 Å². The summed E-state index contributed by atoms with van der Waals surface area (Å²) in [6, 6.07) is 6.42. The van der Waals surface area contributed by atoms with Gasteiger partial charge in [-0.05, 0) is 25.1 Å². The van der Waals surface area contributed by atoms with Gasteiger partial charge in [0, 0.05) is 11.1 Å². The number of aromatic nitrogens is 3. The Morgan fingerprint density at radius 2 is 1.96 bits per heavy atom. The van der Waals surface area contributed by atoms with E-state index in [1.165, 1.54) is 13.4 Å². The number of ether oxygens (including phenoxy) is 1. The van der Waals surface area contributed by atoms with Crippen molar-refractivity contribution in [3.63, 3.8) is 0 Å². The van der Waals surface area contributed by atoms with Crippen LogP contribution in [0.25, 0.3) is 0 Å². The first-order chi connectivity index (χ1) is 12.5. The first kappa shape index (κ1) is 17.4. The summed E-state index contributed by atoms with van der Waals surface area (Å²) in [4.78, 5) is 18.9. The van der Waals surface area contributed by atoms with Gasteiger partial charge in [0.05, 0.1) is 17.7 Å². The third kappa shape index (κ3) is 3.64. The van der Waals surface area contributed by atoms with Crippen LogP contribution in [-0.4, -0.2) is 27.2 Å². The molecule has 1 aromatic carbocycles. The van der Waals surface area contributed by atoms with Crippen molar-refractivity contribution in [3.05, 3.63) is 51.5 Å². The Balaban J connectivity index is 2.01. The van der Waals surface area contributed by atoms with Crippen LogP contribution in [0.15, 0.2) is 35.1 Å². The molecule has 0 aliphatic heterocycles. The number of nitrogens with one attached hydrogen (secondary N) is 2. The number of nitrogens with zero attached hydrogens (tertiary/aromatic N) is 4. The van der Waals surface area contributed by atoms with E-state index in [1.807, 2.05) is 0 Å². The molecule has 0 aliphatic carbocycles. The van der Waals surface area contributed by atoms with Gasteiger partial charge in [-0.25, -0.2) is 9.97 Å². The largest absolute Gasteiger partial charge is 0.495 e. The van der Waals surface area contributed by atoms with Crippen LogP contribution in [0, 0.1) is 17.0 Å². The number of benzene rings is 1. The molecule has 0 atom stereocenters. The van der Waals surface area contributed by atoms with Crippen LogP contribution in [0.2, 0.25) is 5.02 Å². The highest BCUT2D eigenvalue weighted by Gasteiger charge is 2.24. The Morgan fingerprint density at radius 1 is 1.23 bits per heavy atom. The third-order valence-corrected chi connectivity index (χ3v) is 3.53. The topological polar surface area (TPSA) is 128 Å². The Bertz CT molecular complexity index is 961. The van der Waals surface area contributed by atoms with Crippen LogP contribution in [0.5, 0.6) is 5.75 Å². The van der Waals surface area contributed by atoms with Gasteiger partial charge in [0.25, 0.3) is 0 Å². The van der Waals surface area contributed by atoms with Crippen LogP contribution < -0.4 is 15.4 Å². The second-order valence-electron chi connectivity index (χ2n) is 5.09. The SMILES string of the molecule is COc1ccc(Cl)cc1Nc1ncnc(Nc2cc(C)on2)c1[N+](=O)[O-]. The second kappa shape index (κ2) is 7.23. The van der Waals surface area contributed by atoms with Crippen molar-refractivity contribution in [2.24, 2.45) is 0 Å². The van der Waals surface area contributed by atoms with E-state index in [9.17, 15) is 10.1 Å². The minimum absolute atomic E-state index is 0.0340. The third-order valence-electron chi connectivity index (χ3n) is 3.29. The molecule has 0 fully saturated rings. The average Bonchev–Trinajstić information content (AvgIpc) is 3.00. The molecule has 11 heteroatoms. The Labute approximate surface area is 152 Å². The van der Waals surface area contributed by atoms with Gasteiger partial charge in [0.2, 0.25) is 11.6 Å². The fraction of sp³-hybridized carbons (Fsp3) is 0.133. The summed E-state index contributed by atoms with van der Waals surface area (Å²) in [5.41, 5.74) is 0.0558. The number of methoxy groups -OCH3 is 1. The number of nitro groups is 1. The maximum atomic E-state index is 11.6. The molecule has 26 heavy (non-hydrogen) atoms. The van der Waals surface area contributed by atoms with E-state index in [0.29, 0.717) is 22.2 Å². The first-order valence-electron chi connectivity index (χ1n) is 7.28. The summed E-state index contributed by atoms with van der Waals surface area (Å²) in [5, 5.41) is 21.4. The summed E-state index contributed by atoms with van der Waals surface area (Å²) < 4.78 is 10.2. The minimum Gasteiger partial charge on any atom is -0.495 e. The van der Waals surface area contributed by atoms with Crippen molar-refractivity contribution in [2.75, 3.05) is 17.7 Å². The molecular weight excluding hydrogens is 364 g/mol. The Kier molecular flexibility index (Phi) is 4.85. The van der Waals surface area contributed by atoms with Crippen LogP contribution in [0.4, 0.5) is 28.8 Å². The second-order valence-corrected chi connectivity index (χ2v) is 5.53. The van der Waals surface area contributed by atoms with Crippen molar-refractivity contribution in [1.29, 1.82) is 0 Å². The van der Waals surface area contributed by atoms with Crippen LogP contribution in [-0.2, 0) is 0 Å². The smallest absolute Gasteiger partial charge is 0.353 e. The number of hydrogen-bond acceptors (Lipinski definition) is 9. The molecule has 10 nitrogen and oxygen atoms in total. The van der Waals surface area contributed by atoms with Crippen LogP contribution in [0.3, 0.4) is 0 Å². The molecule has 0 spiro atoms. The number of halogens is 1. The van der Waals surface area contributed by atoms with E-state index in [1.54, 1.807) is 31.2 Å². The molecule has 2 N–H and O–H groups in total. The van der Waals surface area contributed by atoms with Gasteiger partial charge < -0.3 is 19.9 Å². The molecule has 3 aromatic rings. The quantitative estimate of drug-likeness (QED) is 0.487. The van der Waals surface area contributed by atoms with Crippen molar-refractivity contribution in [3.8, 4) is 5.75 Å². The lowest BCUT2D eigenvalue weighted by Gasteiger charge is -2.12. The lowest BCUT2D eigenvalue weighted by atomic mass is 10.3. The van der Waals surface area contributed by atoms with Crippen molar-refractivity contribution in [2.45, 2.75) is 6.92 Å². The highest BCUT2D eigenvalue weighted by atomic mass is 35.5. The zero-order valence-corrected chi connectivity index (χ0v) is 14.4. The van der Waals surface area contributed by atoms with Crippen molar-refractivity contribution >= 4 is 40.4 Å². The molecule has 0 unspecified atom stereocenters. The summed E-state index contributed by atoms with van der Waals surface area (Å²) in [6.07, 6.45) is 1.18. The molecule has 0 saturated carbocycles. The van der Waals surface area contributed by atoms with Crippen LogP contribution >= 0.6 is 11.6 Å². The Morgan fingerprint density at radius 3 is 2.58 bits per heavy atom. The lowest BCUT2D eigenvalue weighted by Crippen LogP contribution is -2.06. The van der Waals surface area contributed by atoms with Gasteiger partial charge in [-0.2, -0.15) is 0 Å². The molecule has 0 amide bonds. The number of rotatable bonds is 6. The molecule has 134 valence electrons. The number of hydrogen-bond donors (Lipinski definition) is 2. The zero-order chi connectivity index (χ0) is 18.7. The van der Waals surface area contributed by atoms with Gasteiger partial charge in [-0.15, -0.1) is 0 Å². The average molecular weight is 377 g/mol. The molecule has 0 aliphatic rings. The lowest BCUT2D eigenvalue weighted by molar-refractivity contribution is -0.383. The molecule has 0 saturated heterocycles. The summed E-state index contributed by atoms with van der Waals surface area (Å²) in [7, 11) is 1.47. The van der Waals surface area contributed by atoms with E-state index in [-0.39, 0.29) is 23.1 Å². The van der Waals surface area contributed by atoms with E-state index < -0.39 is 4.92 Å². The van der Waals surface area contributed by atoms with Gasteiger partial charge in [0.1, 0.15) is 17.8 Å². The minimum atomic E-state index is -0.603. The fourth-order valence-electron chi connectivity index (χ4n) is 2.19. The maximum Gasteiger partial charge on any atom is 0.353 e. The highest BCUT2D eigenvalue weighted by molar-refractivity contribution is 6.31. The standard InChI is InChI=1S/C15H13ClN6O4/c1-8-5-12(21-26-8)20-15-13(22(23)24)14(17-7-18-15)19-10-6-9(16)3-4-11(10)25-2/h3-7H,1-2H3,(H2,17,18,19,20,21). The van der Waals surface area contributed by atoms with Crippen molar-refractivity contribution < 1.29 is 14.2 Å². The fourth-order valence-corrected chi connectivity index (χ4v) is 2.36. The molecule has 0 bridgehead atoms. The summed E-state index contributed by atoms with van der Waals surface area (Å²) >= 11 is 5.99. The molecule has 2 aromatic heterocycles. The predicted molar refractivity (Wildman–Crippen MR) is 94.5 cm³/mol. The molecular formula is C15H13ClN6O4. The van der Waals surface area contributed by atoms with Crippen LogP contribution in [0.1, 0.15) is 5.76 Å². The Hall–Kier alpha value is -3.40. The maximum absolute atomic E-state index is 11.6. The van der Waals surface area contributed by atoms with Gasteiger partial charge >= 0.3 is 5.69 Å². The highest BCUT2D eigenvalue weighted by Crippen LogP contribution is 2.36. The summed E-state index contributed by atoms with van der Waals surface area (Å²) in [5.74, 6) is 1.21. The van der Waals surface area contributed by atoms with Gasteiger partial charge in [-0.3, -0.25) is 10.1 Å². The van der Waals surface area contributed by atoms with Gasteiger partial charge in [0.15, 0.2) is 5.82 Å². The number of aryl methyl sites for hydroxylation is 1. The normalized spacial score (nSPS) is 10.4.